The highest BCUT2D eigenvalue weighted by Crippen LogP contribution is 2.25. The van der Waals surface area contributed by atoms with Gasteiger partial charge in [-0.2, -0.15) is 0 Å². The number of hydrogen-bond acceptors (Lipinski definition) is 4. The molecule has 0 radical (unpaired) electrons. The Balaban J connectivity index is 2.93. The van der Waals surface area contributed by atoms with Gasteiger partial charge in [-0.15, -0.1) is 0 Å². The standard InChI is InChI=1S/C14H19NO4/c1-3-4-5-12(14(15)17)19-13-8-11(18-2)7-6-10(13)9-16/h6-9,12H,3-5H2,1-2H3,(H2,15,17). The predicted molar refractivity (Wildman–Crippen MR) is 71.5 cm³/mol. The SMILES string of the molecule is CCCCC(Oc1cc(OC)ccc1C=O)C(N)=O. The molecular formula is C14H19NO4. The van der Waals surface area contributed by atoms with Crippen molar-refractivity contribution in [1.29, 1.82) is 0 Å². The van der Waals surface area contributed by atoms with Crippen LogP contribution in [0.1, 0.15) is 36.5 Å². The van der Waals surface area contributed by atoms with Crippen LogP contribution >= 0.6 is 0 Å². The first-order valence-electron chi connectivity index (χ1n) is 6.21. The molecule has 0 saturated carbocycles. The summed E-state index contributed by atoms with van der Waals surface area (Å²) in [6.45, 7) is 2.01. The highest BCUT2D eigenvalue weighted by Gasteiger charge is 2.18. The zero-order chi connectivity index (χ0) is 14.3. The van der Waals surface area contributed by atoms with Crippen molar-refractivity contribution in [2.45, 2.75) is 32.3 Å². The second kappa shape index (κ2) is 7.41. The number of carbonyl (C=O) groups is 2. The average molecular weight is 265 g/mol. The number of amides is 1. The largest absolute Gasteiger partial charge is 0.497 e. The third-order valence-electron chi connectivity index (χ3n) is 2.75. The minimum absolute atomic E-state index is 0.314. The van der Waals surface area contributed by atoms with E-state index in [-0.39, 0.29) is 0 Å². The van der Waals surface area contributed by atoms with Crippen molar-refractivity contribution in [2.24, 2.45) is 5.73 Å². The molecule has 5 heteroatoms. The summed E-state index contributed by atoms with van der Waals surface area (Å²) in [7, 11) is 1.52. The Labute approximate surface area is 112 Å². The van der Waals surface area contributed by atoms with E-state index in [1.807, 2.05) is 6.92 Å². The molecule has 0 aliphatic heterocycles. The first kappa shape index (κ1) is 15.0. The number of benzene rings is 1. The molecule has 1 aromatic rings. The summed E-state index contributed by atoms with van der Waals surface area (Å²) in [5, 5.41) is 0. The molecule has 1 atom stereocenters. The number of carbonyl (C=O) groups excluding carboxylic acids is 2. The average Bonchev–Trinajstić information content (AvgIpc) is 2.42. The smallest absolute Gasteiger partial charge is 0.258 e. The van der Waals surface area contributed by atoms with Crippen LogP contribution in [-0.4, -0.2) is 25.4 Å². The minimum Gasteiger partial charge on any atom is -0.497 e. The maximum absolute atomic E-state index is 11.3. The Bertz CT molecular complexity index is 445. The lowest BCUT2D eigenvalue weighted by Crippen LogP contribution is -2.33. The lowest BCUT2D eigenvalue weighted by atomic mass is 10.1. The van der Waals surface area contributed by atoms with Gasteiger partial charge in [0.1, 0.15) is 11.5 Å². The van der Waals surface area contributed by atoms with Crippen LogP contribution in [0.15, 0.2) is 18.2 Å². The van der Waals surface area contributed by atoms with Crippen LogP contribution in [0.5, 0.6) is 11.5 Å². The third kappa shape index (κ3) is 4.28. The van der Waals surface area contributed by atoms with E-state index in [0.717, 1.165) is 12.8 Å². The van der Waals surface area contributed by atoms with Crippen molar-refractivity contribution in [3.8, 4) is 11.5 Å². The molecule has 0 aromatic heterocycles. The molecule has 1 unspecified atom stereocenters. The summed E-state index contributed by atoms with van der Waals surface area (Å²) in [4.78, 5) is 22.3. The molecule has 104 valence electrons. The van der Waals surface area contributed by atoms with Gasteiger partial charge in [-0.3, -0.25) is 9.59 Å². The van der Waals surface area contributed by atoms with Gasteiger partial charge in [-0.1, -0.05) is 13.3 Å². The molecule has 19 heavy (non-hydrogen) atoms. The van der Waals surface area contributed by atoms with Crippen molar-refractivity contribution in [3.63, 3.8) is 0 Å². The maximum atomic E-state index is 11.3. The van der Waals surface area contributed by atoms with E-state index in [4.69, 9.17) is 15.2 Å². The second-order valence-corrected chi connectivity index (χ2v) is 4.17. The van der Waals surface area contributed by atoms with Gasteiger partial charge >= 0.3 is 0 Å². The van der Waals surface area contributed by atoms with Crippen molar-refractivity contribution >= 4 is 12.2 Å². The van der Waals surface area contributed by atoms with Crippen molar-refractivity contribution in [3.05, 3.63) is 23.8 Å². The quantitative estimate of drug-likeness (QED) is 0.728. The molecular weight excluding hydrogens is 246 g/mol. The number of unbranched alkanes of at least 4 members (excludes halogenated alkanes) is 1. The molecule has 0 spiro atoms. The predicted octanol–water partition coefficient (Wildman–Crippen LogP) is 1.93. The Hall–Kier alpha value is -2.04. The fourth-order valence-corrected chi connectivity index (χ4v) is 1.64. The van der Waals surface area contributed by atoms with Crippen LogP contribution in [0.2, 0.25) is 0 Å². The summed E-state index contributed by atoms with van der Waals surface area (Å²) < 4.78 is 10.6. The van der Waals surface area contributed by atoms with Gasteiger partial charge in [0.05, 0.1) is 12.7 Å². The third-order valence-corrected chi connectivity index (χ3v) is 2.75. The van der Waals surface area contributed by atoms with Crippen molar-refractivity contribution in [1.82, 2.24) is 0 Å². The van der Waals surface area contributed by atoms with Crippen molar-refractivity contribution in [2.75, 3.05) is 7.11 Å². The summed E-state index contributed by atoms with van der Waals surface area (Å²) >= 11 is 0. The summed E-state index contributed by atoms with van der Waals surface area (Å²) in [6.07, 6.45) is 2.24. The zero-order valence-electron chi connectivity index (χ0n) is 11.2. The van der Waals surface area contributed by atoms with Crippen LogP contribution in [0.25, 0.3) is 0 Å². The fraction of sp³-hybridized carbons (Fsp3) is 0.429. The first-order chi connectivity index (χ1) is 9.12. The molecule has 0 heterocycles. The summed E-state index contributed by atoms with van der Waals surface area (Å²) in [5.74, 6) is 0.335. The number of primary amides is 1. The molecule has 5 nitrogen and oxygen atoms in total. The first-order valence-corrected chi connectivity index (χ1v) is 6.21. The lowest BCUT2D eigenvalue weighted by Gasteiger charge is -2.17. The zero-order valence-corrected chi connectivity index (χ0v) is 11.2. The fourth-order valence-electron chi connectivity index (χ4n) is 1.64. The van der Waals surface area contributed by atoms with E-state index in [9.17, 15) is 9.59 Å². The number of rotatable bonds is 8. The number of ether oxygens (including phenoxy) is 2. The molecule has 0 bridgehead atoms. The van der Waals surface area contributed by atoms with Crippen molar-refractivity contribution < 1.29 is 19.1 Å². The van der Waals surface area contributed by atoms with E-state index >= 15 is 0 Å². The molecule has 1 rings (SSSR count). The number of hydrogen-bond donors (Lipinski definition) is 1. The molecule has 1 aromatic carbocycles. The number of aldehydes is 1. The normalized spacial score (nSPS) is 11.7. The number of methoxy groups -OCH3 is 1. The summed E-state index contributed by atoms with van der Waals surface area (Å²) in [6, 6.07) is 4.81. The van der Waals surface area contributed by atoms with E-state index in [1.54, 1.807) is 18.2 Å². The Morgan fingerprint density at radius 3 is 2.74 bits per heavy atom. The van der Waals surface area contributed by atoms with Crippen LogP contribution in [-0.2, 0) is 4.79 Å². The van der Waals surface area contributed by atoms with Gasteiger partial charge in [0.15, 0.2) is 12.4 Å². The van der Waals surface area contributed by atoms with Gasteiger partial charge in [-0.25, -0.2) is 0 Å². The van der Waals surface area contributed by atoms with Crippen LogP contribution in [0, 0.1) is 0 Å². The van der Waals surface area contributed by atoms with Gasteiger partial charge < -0.3 is 15.2 Å². The number of nitrogens with two attached hydrogens (primary N) is 1. The molecule has 0 saturated heterocycles. The minimum atomic E-state index is -0.731. The topological polar surface area (TPSA) is 78.6 Å². The van der Waals surface area contributed by atoms with E-state index in [2.05, 4.69) is 0 Å². The van der Waals surface area contributed by atoms with Crippen LogP contribution in [0.4, 0.5) is 0 Å². The maximum Gasteiger partial charge on any atom is 0.258 e. The molecule has 1 amide bonds. The molecule has 0 fully saturated rings. The lowest BCUT2D eigenvalue weighted by molar-refractivity contribution is -0.125. The van der Waals surface area contributed by atoms with Crippen LogP contribution < -0.4 is 15.2 Å². The highest BCUT2D eigenvalue weighted by molar-refractivity contribution is 5.82. The van der Waals surface area contributed by atoms with Gasteiger partial charge in [-0.05, 0) is 25.0 Å². The van der Waals surface area contributed by atoms with Gasteiger partial charge in [0, 0.05) is 6.07 Å². The Kier molecular flexibility index (Phi) is 5.85. The van der Waals surface area contributed by atoms with Crippen LogP contribution in [0.3, 0.4) is 0 Å². The summed E-state index contributed by atoms with van der Waals surface area (Å²) in [5.41, 5.74) is 5.67. The van der Waals surface area contributed by atoms with Gasteiger partial charge in [0.25, 0.3) is 5.91 Å². The monoisotopic (exact) mass is 265 g/mol. The highest BCUT2D eigenvalue weighted by atomic mass is 16.5. The Morgan fingerprint density at radius 2 is 2.21 bits per heavy atom. The Morgan fingerprint density at radius 1 is 1.47 bits per heavy atom. The molecule has 2 N–H and O–H groups in total. The van der Waals surface area contributed by atoms with E-state index in [1.165, 1.54) is 7.11 Å². The molecule has 0 aliphatic rings. The second-order valence-electron chi connectivity index (χ2n) is 4.17. The molecule has 0 aliphatic carbocycles. The van der Waals surface area contributed by atoms with E-state index < -0.39 is 12.0 Å². The van der Waals surface area contributed by atoms with E-state index in [0.29, 0.717) is 29.8 Å². The van der Waals surface area contributed by atoms with Gasteiger partial charge in [0.2, 0.25) is 0 Å².